The van der Waals surface area contributed by atoms with Crippen molar-refractivity contribution in [3.63, 3.8) is 0 Å². The Balaban J connectivity index is 2.10. The van der Waals surface area contributed by atoms with E-state index in [1.165, 1.54) is 16.2 Å². The van der Waals surface area contributed by atoms with Gasteiger partial charge in [0.05, 0.1) is 23.2 Å². The van der Waals surface area contributed by atoms with Gasteiger partial charge in [-0.25, -0.2) is 0 Å². The highest BCUT2D eigenvalue weighted by atomic mass is 79.9. The normalized spacial score (nSPS) is 18.9. The molecule has 2 heterocycles. The maximum atomic E-state index is 12.8. The van der Waals surface area contributed by atoms with Crippen LogP contribution >= 0.6 is 27.3 Å². The third-order valence-corrected chi connectivity index (χ3v) is 6.11. The Bertz CT molecular complexity index is 924. The molecule has 1 atom stereocenters. The van der Waals surface area contributed by atoms with E-state index in [-0.39, 0.29) is 11.3 Å². The molecule has 0 radical (unpaired) electrons. The number of benzene rings is 1. The third kappa shape index (κ3) is 3.85. The maximum absolute atomic E-state index is 12.8. The fourth-order valence-corrected chi connectivity index (χ4v) is 4.52. The molecule has 2 aromatic rings. The van der Waals surface area contributed by atoms with E-state index in [4.69, 9.17) is 4.74 Å². The molecule has 8 heteroatoms. The number of likely N-dealkylation sites (N-methyl/N-ethyl adjacent to an activating group) is 1. The number of aliphatic hydroxyl groups excluding tert-OH is 1. The number of Topliss-reactive ketones (excluding diaryl/α,β-unsaturated/α-hetero) is 1. The predicted molar refractivity (Wildman–Crippen MR) is 113 cm³/mol. The lowest BCUT2D eigenvalue weighted by molar-refractivity contribution is -0.140. The van der Waals surface area contributed by atoms with Gasteiger partial charge in [-0.1, -0.05) is 6.07 Å². The van der Waals surface area contributed by atoms with Gasteiger partial charge in [0.25, 0.3) is 11.7 Å². The third-order valence-electron chi connectivity index (χ3n) is 4.57. The Labute approximate surface area is 176 Å². The van der Waals surface area contributed by atoms with Crippen molar-refractivity contribution in [1.29, 1.82) is 0 Å². The second-order valence-corrected chi connectivity index (χ2v) is 8.49. The van der Waals surface area contributed by atoms with Gasteiger partial charge in [-0.3, -0.25) is 9.59 Å². The molecule has 148 valence electrons. The number of hydrogen-bond acceptors (Lipinski definition) is 6. The first kappa shape index (κ1) is 20.6. The summed E-state index contributed by atoms with van der Waals surface area (Å²) in [6.07, 6.45) is 0. The van der Waals surface area contributed by atoms with Gasteiger partial charge in [-0.2, -0.15) is 0 Å². The van der Waals surface area contributed by atoms with Crippen molar-refractivity contribution in [2.24, 2.45) is 0 Å². The van der Waals surface area contributed by atoms with Crippen LogP contribution < -0.4 is 4.74 Å². The van der Waals surface area contributed by atoms with Crippen molar-refractivity contribution < 1.29 is 19.4 Å². The van der Waals surface area contributed by atoms with Crippen molar-refractivity contribution in [3.05, 3.63) is 56.2 Å². The standard InChI is InChI=1S/C20H21BrN2O4S/c1-22(2)8-9-23-17(15-5-4-10-28-15)16(19(25)20(23)26)18(24)12-6-7-14(27-3)13(21)11-12/h4-7,10-11,17,24H,8-9H2,1-3H3/b18-16-. The quantitative estimate of drug-likeness (QED) is 0.402. The number of ketones is 1. The maximum Gasteiger partial charge on any atom is 0.295 e. The highest BCUT2D eigenvalue weighted by molar-refractivity contribution is 9.10. The minimum absolute atomic E-state index is 0.114. The SMILES string of the molecule is COc1ccc(/C(O)=C2/C(=O)C(=O)N(CCN(C)C)C2c2cccs2)cc1Br. The highest BCUT2D eigenvalue weighted by Crippen LogP contribution is 2.41. The van der Waals surface area contributed by atoms with E-state index in [2.05, 4.69) is 15.9 Å². The van der Waals surface area contributed by atoms with Crippen molar-refractivity contribution in [3.8, 4) is 5.75 Å². The van der Waals surface area contributed by atoms with E-state index in [0.717, 1.165) is 4.88 Å². The van der Waals surface area contributed by atoms with Crippen LogP contribution in [0.15, 0.2) is 45.8 Å². The summed E-state index contributed by atoms with van der Waals surface area (Å²) in [5.41, 5.74) is 0.558. The van der Waals surface area contributed by atoms with Crippen LogP contribution in [0.2, 0.25) is 0 Å². The summed E-state index contributed by atoms with van der Waals surface area (Å²) in [5, 5.41) is 12.9. The fraction of sp³-hybridized carbons (Fsp3) is 0.300. The molecule has 3 rings (SSSR count). The van der Waals surface area contributed by atoms with E-state index >= 15 is 0 Å². The van der Waals surface area contributed by atoms with Crippen LogP contribution in [0, 0.1) is 0 Å². The summed E-state index contributed by atoms with van der Waals surface area (Å²) < 4.78 is 5.86. The van der Waals surface area contributed by atoms with Crippen LogP contribution in [0.25, 0.3) is 5.76 Å². The molecule has 1 amide bonds. The first-order valence-electron chi connectivity index (χ1n) is 8.65. The van der Waals surface area contributed by atoms with Crippen LogP contribution in [0.5, 0.6) is 5.75 Å². The van der Waals surface area contributed by atoms with Gasteiger partial charge in [0.1, 0.15) is 11.5 Å². The van der Waals surface area contributed by atoms with Crippen LogP contribution in [0.3, 0.4) is 0 Å². The minimum atomic E-state index is -0.665. The molecule has 1 aliphatic heterocycles. The zero-order valence-electron chi connectivity index (χ0n) is 15.8. The minimum Gasteiger partial charge on any atom is -0.507 e. The average Bonchev–Trinajstić information content (AvgIpc) is 3.27. The Hall–Kier alpha value is -2.16. The van der Waals surface area contributed by atoms with Gasteiger partial charge >= 0.3 is 0 Å². The molecule has 0 saturated carbocycles. The number of aliphatic hydroxyl groups is 1. The molecule has 0 bridgehead atoms. The molecule has 28 heavy (non-hydrogen) atoms. The number of likely N-dealkylation sites (tertiary alicyclic amines) is 1. The Morgan fingerprint density at radius 2 is 2.07 bits per heavy atom. The van der Waals surface area contributed by atoms with Crippen LogP contribution in [0.1, 0.15) is 16.5 Å². The van der Waals surface area contributed by atoms with Gasteiger partial charge in [0.2, 0.25) is 0 Å². The molecule has 0 aliphatic carbocycles. The molecule has 6 nitrogen and oxygen atoms in total. The second kappa shape index (κ2) is 8.46. The van der Waals surface area contributed by atoms with Crippen LogP contribution in [-0.4, -0.2) is 60.9 Å². The molecule has 1 aromatic carbocycles. The van der Waals surface area contributed by atoms with Gasteiger partial charge in [-0.05, 0) is 59.7 Å². The molecule has 1 fully saturated rings. The second-order valence-electron chi connectivity index (χ2n) is 6.66. The smallest absolute Gasteiger partial charge is 0.295 e. The van der Waals surface area contributed by atoms with Gasteiger partial charge in [0.15, 0.2) is 0 Å². The Morgan fingerprint density at radius 1 is 1.32 bits per heavy atom. The number of methoxy groups -OCH3 is 1. The van der Waals surface area contributed by atoms with E-state index in [0.29, 0.717) is 28.9 Å². The predicted octanol–water partition coefficient (Wildman–Crippen LogP) is 3.50. The Morgan fingerprint density at radius 3 is 2.64 bits per heavy atom. The zero-order chi connectivity index (χ0) is 20.4. The largest absolute Gasteiger partial charge is 0.507 e. The number of halogens is 1. The highest BCUT2D eigenvalue weighted by Gasteiger charge is 2.46. The number of carbonyl (C=O) groups excluding carboxylic acids is 2. The molecule has 1 unspecified atom stereocenters. The lowest BCUT2D eigenvalue weighted by Gasteiger charge is -2.25. The molecule has 1 aromatic heterocycles. The molecular weight excluding hydrogens is 444 g/mol. The monoisotopic (exact) mass is 464 g/mol. The number of hydrogen-bond donors (Lipinski definition) is 1. The molecule has 1 N–H and O–H groups in total. The lowest BCUT2D eigenvalue weighted by Crippen LogP contribution is -2.35. The van der Waals surface area contributed by atoms with E-state index in [1.807, 2.05) is 36.5 Å². The number of carbonyl (C=O) groups is 2. The molecule has 1 aliphatic rings. The summed E-state index contributed by atoms with van der Waals surface area (Å²) in [7, 11) is 5.37. The molecular formula is C20H21BrN2O4S. The summed E-state index contributed by atoms with van der Waals surface area (Å²) in [6, 6.07) is 8.18. The first-order chi connectivity index (χ1) is 13.3. The molecule has 0 spiro atoms. The van der Waals surface area contributed by atoms with E-state index in [1.54, 1.807) is 25.3 Å². The van der Waals surface area contributed by atoms with Crippen LogP contribution in [-0.2, 0) is 9.59 Å². The number of rotatable bonds is 6. The summed E-state index contributed by atoms with van der Waals surface area (Å²) in [6.45, 7) is 1.01. The fourth-order valence-electron chi connectivity index (χ4n) is 3.13. The van der Waals surface area contributed by atoms with Crippen LogP contribution in [0.4, 0.5) is 0 Å². The van der Waals surface area contributed by atoms with Gasteiger partial charge < -0.3 is 19.6 Å². The van der Waals surface area contributed by atoms with E-state index in [9.17, 15) is 14.7 Å². The van der Waals surface area contributed by atoms with Crippen molar-refractivity contribution in [1.82, 2.24) is 9.80 Å². The lowest BCUT2D eigenvalue weighted by atomic mass is 10.00. The van der Waals surface area contributed by atoms with Gasteiger partial charge in [-0.15, -0.1) is 11.3 Å². The molecule has 1 saturated heterocycles. The number of amides is 1. The summed E-state index contributed by atoms with van der Waals surface area (Å²) in [5.74, 6) is -0.832. The summed E-state index contributed by atoms with van der Waals surface area (Å²) in [4.78, 5) is 29.9. The Kier molecular flexibility index (Phi) is 6.22. The zero-order valence-corrected chi connectivity index (χ0v) is 18.2. The number of ether oxygens (including phenoxy) is 1. The van der Waals surface area contributed by atoms with E-state index < -0.39 is 17.7 Å². The number of thiophene rings is 1. The number of nitrogens with zero attached hydrogens (tertiary/aromatic N) is 2. The average molecular weight is 465 g/mol. The summed E-state index contributed by atoms with van der Waals surface area (Å²) >= 11 is 4.85. The van der Waals surface area contributed by atoms with Crippen molar-refractivity contribution in [2.45, 2.75) is 6.04 Å². The van der Waals surface area contributed by atoms with Gasteiger partial charge in [0, 0.05) is 23.5 Å². The van der Waals surface area contributed by atoms with Crippen molar-refractivity contribution in [2.75, 3.05) is 34.3 Å². The topological polar surface area (TPSA) is 70.1 Å². The first-order valence-corrected chi connectivity index (χ1v) is 10.3. The van der Waals surface area contributed by atoms with Crippen molar-refractivity contribution >= 4 is 44.7 Å².